The number of piperidine rings is 1. The van der Waals surface area contributed by atoms with E-state index in [9.17, 15) is 9.59 Å². The van der Waals surface area contributed by atoms with Crippen molar-refractivity contribution in [3.05, 3.63) is 47.3 Å². The number of carbonyl (C=O) groups is 2. The Morgan fingerprint density at radius 2 is 1.88 bits per heavy atom. The number of hydrogen-bond acceptors (Lipinski definition) is 12. The summed E-state index contributed by atoms with van der Waals surface area (Å²) in [4.78, 5) is 48.7. The number of ether oxygens (including phenoxy) is 1. The lowest BCUT2D eigenvalue weighted by Gasteiger charge is -2.39. The summed E-state index contributed by atoms with van der Waals surface area (Å²) in [6, 6.07) is 7.31. The number of aliphatic imine (C=N–C) groups is 2. The van der Waals surface area contributed by atoms with Crippen molar-refractivity contribution >= 4 is 52.6 Å². The number of guanidine groups is 1. The number of likely N-dealkylation sites (tertiary alicyclic amines) is 1. The van der Waals surface area contributed by atoms with E-state index in [0.29, 0.717) is 69.3 Å². The zero-order valence-electron chi connectivity index (χ0n) is 22.7. The maximum absolute atomic E-state index is 12.9. The summed E-state index contributed by atoms with van der Waals surface area (Å²) in [6.45, 7) is 5.53. The van der Waals surface area contributed by atoms with Crippen molar-refractivity contribution in [1.82, 2.24) is 25.5 Å². The van der Waals surface area contributed by atoms with Crippen LogP contribution in [0.3, 0.4) is 0 Å². The fourth-order valence-electron chi connectivity index (χ4n) is 4.56. The van der Waals surface area contributed by atoms with E-state index in [1.807, 2.05) is 29.2 Å². The molecule has 0 bridgehead atoms. The minimum atomic E-state index is -0.607. The number of carbonyl (C=O) groups excluding carboxylic acids is 2. The van der Waals surface area contributed by atoms with Gasteiger partial charge in [-0.1, -0.05) is 18.2 Å². The maximum Gasteiger partial charge on any atom is 0.280 e. The molecule has 2 amide bonds. The van der Waals surface area contributed by atoms with Gasteiger partial charge in [-0.3, -0.25) is 19.9 Å². The minimum absolute atomic E-state index is 0.0342. The number of nitrogens with zero attached hydrogens (tertiary/aromatic N) is 5. The Morgan fingerprint density at radius 1 is 1.17 bits per heavy atom. The van der Waals surface area contributed by atoms with Crippen LogP contribution in [0.5, 0.6) is 5.75 Å². The van der Waals surface area contributed by atoms with Crippen molar-refractivity contribution < 1.29 is 19.2 Å². The minimum Gasteiger partial charge on any atom is -0.497 e. The third-order valence-corrected chi connectivity index (χ3v) is 7.23. The Balaban J connectivity index is 1.21. The number of benzene rings is 1. The summed E-state index contributed by atoms with van der Waals surface area (Å²) in [5, 5.41) is 5.83. The van der Waals surface area contributed by atoms with Gasteiger partial charge >= 0.3 is 0 Å². The lowest BCUT2D eigenvalue weighted by Crippen LogP contribution is -2.56. The molecule has 1 fully saturated rings. The molecule has 2 aliphatic rings. The van der Waals surface area contributed by atoms with E-state index in [4.69, 9.17) is 38.5 Å². The fourth-order valence-corrected chi connectivity index (χ4v) is 4.69. The lowest BCUT2D eigenvalue weighted by molar-refractivity contribution is -0.132. The second-order valence-corrected chi connectivity index (χ2v) is 10.0. The van der Waals surface area contributed by atoms with E-state index in [2.05, 4.69) is 37.2 Å². The number of rotatable bonds is 8. The van der Waals surface area contributed by atoms with E-state index < -0.39 is 5.91 Å². The van der Waals surface area contributed by atoms with Crippen molar-refractivity contribution in [2.75, 3.05) is 38.2 Å². The average Bonchev–Trinajstić information content (AvgIpc) is 3.35. The summed E-state index contributed by atoms with van der Waals surface area (Å²) in [5.74, 6) is 5.97. The molecule has 1 saturated heterocycles. The van der Waals surface area contributed by atoms with Crippen LogP contribution in [0.2, 0.25) is 5.15 Å². The Morgan fingerprint density at radius 3 is 2.54 bits per heavy atom. The van der Waals surface area contributed by atoms with Crippen LogP contribution in [-0.2, 0) is 9.63 Å². The van der Waals surface area contributed by atoms with Crippen molar-refractivity contribution in [3.63, 3.8) is 0 Å². The highest BCUT2D eigenvalue weighted by Gasteiger charge is 2.40. The molecule has 0 unspecified atom stereocenters. The topological polar surface area (TPSA) is 208 Å². The van der Waals surface area contributed by atoms with Gasteiger partial charge < -0.3 is 31.3 Å². The zero-order chi connectivity index (χ0) is 29.6. The molecule has 3 heterocycles. The van der Waals surface area contributed by atoms with Gasteiger partial charge in [0.2, 0.25) is 11.8 Å². The van der Waals surface area contributed by atoms with Gasteiger partial charge in [0.05, 0.1) is 24.9 Å². The summed E-state index contributed by atoms with van der Waals surface area (Å²) in [7, 11) is 1.60. The number of amides is 2. The predicted octanol–water partition coefficient (Wildman–Crippen LogP) is 1.48. The smallest absolute Gasteiger partial charge is 0.280 e. The van der Waals surface area contributed by atoms with Gasteiger partial charge in [0.15, 0.2) is 28.4 Å². The highest BCUT2D eigenvalue weighted by atomic mass is 35.5. The first-order valence-corrected chi connectivity index (χ1v) is 13.3. The van der Waals surface area contributed by atoms with Crippen LogP contribution in [-0.4, -0.2) is 70.8 Å². The van der Waals surface area contributed by atoms with Crippen LogP contribution < -0.4 is 32.7 Å². The summed E-state index contributed by atoms with van der Waals surface area (Å²) < 4.78 is 5.16. The summed E-state index contributed by atoms with van der Waals surface area (Å²) in [5.41, 5.74) is 12.1. The number of nitrogens with two attached hydrogens (primary N) is 3. The van der Waals surface area contributed by atoms with Gasteiger partial charge in [-0.25, -0.2) is 15.0 Å². The van der Waals surface area contributed by atoms with Gasteiger partial charge in [-0.15, -0.1) is 0 Å². The molecule has 41 heavy (non-hydrogen) atoms. The number of halogens is 1. The second-order valence-electron chi connectivity index (χ2n) is 9.69. The second kappa shape index (κ2) is 12.8. The molecular formula is C26H33ClN10O4. The fraction of sp³-hybridized carbons (Fsp3) is 0.385. The Bertz CT molecular complexity index is 1370. The molecule has 218 valence electrons. The van der Waals surface area contributed by atoms with E-state index in [0.717, 1.165) is 11.3 Å². The van der Waals surface area contributed by atoms with Crippen molar-refractivity contribution in [2.24, 2.45) is 15.9 Å². The molecular weight excluding hydrogens is 552 g/mol. The van der Waals surface area contributed by atoms with E-state index in [-0.39, 0.29) is 33.9 Å². The molecule has 0 atom stereocenters. The Labute approximate surface area is 242 Å². The third kappa shape index (κ3) is 7.21. The largest absolute Gasteiger partial charge is 0.497 e. The quantitative estimate of drug-likeness (QED) is 0.171. The molecule has 2 aromatic rings. The van der Waals surface area contributed by atoms with Crippen molar-refractivity contribution in [1.29, 1.82) is 0 Å². The average molecular weight is 585 g/mol. The normalized spacial score (nSPS) is 16.1. The molecule has 0 aliphatic carbocycles. The van der Waals surface area contributed by atoms with Crippen LogP contribution in [0.25, 0.3) is 5.70 Å². The predicted molar refractivity (Wildman–Crippen MR) is 156 cm³/mol. The molecule has 1 aromatic carbocycles. The van der Waals surface area contributed by atoms with Crippen LogP contribution in [0.4, 0.5) is 11.6 Å². The Hall–Kier alpha value is -4.43. The zero-order valence-corrected chi connectivity index (χ0v) is 23.4. The number of nitrogens with one attached hydrogen (secondary N) is 2. The van der Waals surface area contributed by atoms with E-state index in [1.54, 1.807) is 7.11 Å². The molecule has 0 radical (unpaired) electrons. The first-order chi connectivity index (χ1) is 19.6. The lowest BCUT2D eigenvalue weighted by atomic mass is 9.88. The van der Waals surface area contributed by atoms with E-state index >= 15 is 0 Å². The third-order valence-electron chi connectivity index (χ3n) is 6.95. The van der Waals surface area contributed by atoms with Gasteiger partial charge in [0, 0.05) is 25.9 Å². The number of aromatic nitrogens is 2. The Kier molecular flexibility index (Phi) is 9.24. The monoisotopic (exact) mass is 584 g/mol. The summed E-state index contributed by atoms with van der Waals surface area (Å²) >= 11 is 5.87. The van der Waals surface area contributed by atoms with Crippen LogP contribution in [0.15, 0.2) is 40.8 Å². The first-order valence-electron chi connectivity index (χ1n) is 12.9. The van der Waals surface area contributed by atoms with Crippen LogP contribution >= 0.6 is 11.6 Å². The highest BCUT2D eigenvalue weighted by Crippen LogP contribution is 2.27. The van der Waals surface area contributed by atoms with Crippen molar-refractivity contribution in [3.8, 4) is 5.75 Å². The molecule has 14 nitrogen and oxygen atoms in total. The van der Waals surface area contributed by atoms with Crippen LogP contribution in [0, 0.1) is 0 Å². The SMILES string of the molecule is C=C(N=C(CCCC(=O)N1CCC2(CC1)CN=C(NC(=O)c1nc(Cl)c(N)nc1N)N2)ON)c1ccc(OC)cc1. The highest BCUT2D eigenvalue weighted by molar-refractivity contribution is 6.31. The first kappa shape index (κ1) is 29.6. The standard InChI is InChI=1S/C26H33ClN10O4/c1-15(16-6-8-17(40-2)9-7-16)32-18(41-30)4-3-5-19(38)37-12-10-26(11-13-37)14-31-25(36-26)35-24(39)20-22(28)34-23(29)21(27)33-20/h6-9H,1,3-5,10-14,30H2,2H3,(H4,28,29,34)(H2,31,35,36,39). The maximum atomic E-state index is 12.9. The van der Waals surface area contributed by atoms with Crippen LogP contribution in [0.1, 0.15) is 48.2 Å². The summed E-state index contributed by atoms with van der Waals surface area (Å²) in [6.07, 6.45) is 2.56. The van der Waals surface area contributed by atoms with Gasteiger partial charge in [0.25, 0.3) is 5.91 Å². The van der Waals surface area contributed by atoms with Crippen molar-refractivity contribution in [2.45, 2.75) is 37.6 Å². The van der Waals surface area contributed by atoms with Gasteiger partial charge in [-0.2, -0.15) is 5.90 Å². The molecule has 1 spiro atoms. The van der Waals surface area contributed by atoms with E-state index in [1.165, 1.54) is 0 Å². The number of anilines is 2. The van der Waals surface area contributed by atoms with Gasteiger partial charge in [-0.05, 0) is 49.1 Å². The molecule has 8 N–H and O–H groups in total. The number of hydrogen-bond donors (Lipinski definition) is 5. The molecule has 4 rings (SSSR count). The molecule has 1 aromatic heterocycles. The molecule has 0 saturated carbocycles. The van der Waals surface area contributed by atoms with Gasteiger partial charge in [0.1, 0.15) is 5.75 Å². The molecule has 2 aliphatic heterocycles. The number of methoxy groups -OCH3 is 1. The number of nitrogen functional groups attached to an aromatic ring is 2. The molecule has 15 heteroatoms.